The minimum absolute atomic E-state index is 0.347. The van der Waals surface area contributed by atoms with Crippen LogP contribution in [-0.2, 0) is 0 Å². The molecule has 14 heavy (non-hydrogen) atoms. The number of hydrogen-bond acceptors (Lipinski definition) is 3. The van der Waals surface area contributed by atoms with Crippen molar-refractivity contribution in [2.45, 2.75) is 57.7 Å². The van der Waals surface area contributed by atoms with Gasteiger partial charge in [-0.3, -0.25) is 4.90 Å². The third-order valence-electron chi connectivity index (χ3n) is 3.35. The van der Waals surface area contributed by atoms with Gasteiger partial charge < -0.3 is 10.8 Å². The van der Waals surface area contributed by atoms with Crippen LogP contribution >= 0.6 is 0 Å². The Kier molecular flexibility index (Phi) is 3.93. The van der Waals surface area contributed by atoms with Crippen LogP contribution in [0.25, 0.3) is 0 Å². The van der Waals surface area contributed by atoms with Gasteiger partial charge in [0.05, 0.1) is 5.60 Å². The summed E-state index contributed by atoms with van der Waals surface area (Å²) in [4.78, 5) is 2.48. The lowest BCUT2D eigenvalue weighted by molar-refractivity contribution is 0.0274. The molecule has 3 heteroatoms. The molecule has 84 valence electrons. The average Bonchev–Trinajstić information content (AvgIpc) is 2.51. The molecule has 3 nitrogen and oxygen atoms in total. The summed E-state index contributed by atoms with van der Waals surface area (Å²) in [7, 11) is 0. The first kappa shape index (κ1) is 12.0. The molecule has 0 aromatic rings. The van der Waals surface area contributed by atoms with Crippen molar-refractivity contribution >= 4 is 0 Å². The van der Waals surface area contributed by atoms with Gasteiger partial charge in [0.25, 0.3) is 0 Å². The molecule has 3 N–H and O–H groups in total. The fraction of sp³-hybridized carbons (Fsp3) is 1.00. The number of hydrogen-bond donors (Lipinski definition) is 2. The molecule has 1 aliphatic rings. The van der Waals surface area contributed by atoms with Crippen molar-refractivity contribution in [1.29, 1.82) is 0 Å². The third kappa shape index (κ3) is 2.94. The van der Waals surface area contributed by atoms with Gasteiger partial charge in [0.2, 0.25) is 0 Å². The van der Waals surface area contributed by atoms with Crippen LogP contribution in [0.2, 0.25) is 0 Å². The number of likely N-dealkylation sites (tertiary alicyclic amines) is 1. The van der Waals surface area contributed by atoms with E-state index in [1.165, 1.54) is 19.4 Å². The minimum atomic E-state index is -0.707. The van der Waals surface area contributed by atoms with E-state index in [2.05, 4.69) is 18.7 Å². The second-order valence-electron chi connectivity index (χ2n) is 4.98. The van der Waals surface area contributed by atoms with Crippen molar-refractivity contribution in [3.8, 4) is 0 Å². The van der Waals surface area contributed by atoms with E-state index in [0.717, 1.165) is 6.42 Å². The Bertz CT molecular complexity index is 182. The van der Waals surface area contributed by atoms with E-state index in [9.17, 15) is 5.11 Å². The van der Waals surface area contributed by atoms with E-state index in [4.69, 9.17) is 5.73 Å². The van der Waals surface area contributed by atoms with Gasteiger partial charge in [-0.05, 0) is 46.6 Å². The van der Waals surface area contributed by atoms with Gasteiger partial charge in [0, 0.05) is 18.6 Å². The van der Waals surface area contributed by atoms with Crippen LogP contribution in [0.1, 0.15) is 40.0 Å². The Morgan fingerprint density at radius 2 is 2.29 bits per heavy atom. The highest BCUT2D eigenvalue weighted by molar-refractivity contribution is 4.85. The van der Waals surface area contributed by atoms with Crippen molar-refractivity contribution in [3.05, 3.63) is 0 Å². The predicted molar refractivity (Wildman–Crippen MR) is 59.2 cm³/mol. The van der Waals surface area contributed by atoms with Crippen LogP contribution in [0, 0.1) is 0 Å². The van der Waals surface area contributed by atoms with E-state index < -0.39 is 5.60 Å². The summed E-state index contributed by atoms with van der Waals surface area (Å²) in [6.07, 6.45) is 3.35. The molecule has 0 bridgehead atoms. The topological polar surface area (TPSA) is 49.5 Å². The van der Waals surface area contributed by atoms with Crippen LogP contribution in [-0.4, -0.2) is 40.8 Å². The Morgan fingerprint density at radius 3 is 2.71 bits per heavy atom. The molecule has 1 aliphatic heterocycles. The summed E-state index contributed by atoms with van der Waals surface area (Å²) in [6, 6.07) is 1.10. The van der Waals surface area contributed by atoms with Gasteiger partial charge >= 0.3 is 0 Å². The summed E-state index contributed by atoms with van der Waals surface area (Å²) < 4.78 is 0. The Balaban J connectivity index is 2.45. The fourth-order valence-corrected chi connectivity index (χ4v) is 2.45. The average molecular weight is 200 g/mol. The van der Waals surface area contributed by atoms with Crippen LogP contribution in [0.4, 0.5) is 0 Å². The van der Waals surface area contributed by atoms with Gasteiger partial charge in [-0.25, -0.2) is 0 Å². The smallest absolute Gasteiger partial charge is 0.0756 e. The molecule has 1 rings (SSSR count). The second kappa shape index (κ2) is 4.60. The first-order chi connectivity index (χ1) is 6.46. The summed E-state index contributed by atoms with van der Waals surface area (Å²) in [6.45, 7) is 7.79. The molecule has 0 aromatic carbocycles. The lowest BCUT2D eigenvalue weighted by Gasteiger charge is -2.33. The molecular weight excluding hydrogens is 176 g/mol. The molecule has 1 saturated heterocycles. The zero-order valence-corrected chi connectivity index (χ0v) is 9.66. The fourth-order valence-electron chi connectivity index (χ4n) is 2.45. The van der Waals surface area contributed by atoms with Crippen LogP contribution < -0.4 is 5.73 Å². The zero-order chi connectivity index (χ0) is 10.8. The van der Waals surface area contributed by atoms with Crippen molar-refractivity contribution in [3.63, 3.8) is 0 Å². The number of nitrogens with two attached hydrogens (primary N) is 1. The van der Waals surface area contributed by atoms with E-state index >= 15 is 0 Å². The lowest BCUT2D eigenvalue weighted by atomic mass is 9.97. The molecule has 0 aliphatic carbocycles. The first-order valence-corrected chi connectivity index (χ1v) is 5.64. The summed E-state index contributed by atoms with van der Waals surface area (Å²) in [5, 5.41) is 9.89. The number of nitrogens with zero attached hydrogens (tertiary/aromatic N) is 1. The van der Waals surface area contributed by atoms with Gasteiger partial charge in [0.1, 0.15) is 0 Å². The van der Waals surface area contributed by atoms with Crippen LogP contribution in [0.15, 0.2) is 0 Å². The van der Waals surface area contributed by atoms with Crippen molar-refractivity contribution in [2.75, 3.05) is 13.1 Å². The number of aliphatic hydroxyl groups is 1. The number of rotatable bonds is 4. The molecule has 3 unspecified atom stereocenters. The monoisotopic (exact) mass is 200 g/mol. The van der Waals surface area contributed by atoms with Gasteiger partial charge in [-0.2, -0.15) is 0 Å². The van der Waals surface area contributed by atoms with E-state index in [1.54, 1.807) is 0 Å². The molecule has 1 fully saturated rings. The molecule has 0 aromatic heterocycles. The molecule has 0 amide bonds. The minimum Gasteiger partial charge on any atom is -0.389 e. The maximum absolute atomic E-state index is 9.89. The standard InChI is InChI=1S/C11H24N2O/c1-9-5-4-6-13(9)10(2)7-11(3,14)8-12/h9-10,14H,4-8,12H2,1-3H3. The Hall–Kier alpha value is -0.120. The summed E-state index contributed by atoms with van der Waals surface area (Å²) in [5.41, 5.74) is 4.81. The van der Waals surface area contributed by atoms with E-state index in [-0.39, 0.29) is 0 Å². The Morgan fingerprint density at radius 1 is 1.64 bits per heavy atom. The maximum atomic E-state index is 9.89. The highest BCUT2D eigenvalue weighted by atomic mass is 16.3. The van der Waals surface area contributed by atoms with Gasteiger partial charge in [-0.1, -0.05) is 0 Å². The molecule has 0 radical (unpaired) electrons. The SMILES string of the molecule is CC1CCCN1C(C)CC(C)(O)CN. The molecule has 1 heterocycles. The molecule has 0 saturated carbocycles. The molecule has 0 spiro atoms. The zero-order valence-electron chi connectivity index (χ0n) is 9.66. The predicted octanol–water partition coefficient (Wildman–Crippen LogP) is 0.959. The lowest BCUT2D eigenvalue weighted by Crippen LogP contribution is -2.44. The van der Waals surface area contributed by atoms with Gasteiger partial charge in [0.15, 0.2) is 0 Å². The highest BCUT2D eigenvalue weighted by Crippen LogP contribution is 2.23. The Labute approximate surface area is 87.3 Å². The van der Waals surface area contributed by atoms with Crippen LogP contribution in [0.5, 0.6) is 0 Å². The van der Waals surface area contributed by atoms with Gasteiger partial charge in [-0.15, -0.1) is 0 Å². The second-order valence-corrected chi connectivity index (χ2v) is 4.98. The van der Waals surface area contributed by atoms with Crippen molar-refractivity contribution < 1.29 is 5.11 Å². The molecular formula is C11H24N2O. The van der Waals surface area contributed by atoms with Crippen molar-refractivity contribution in [1.82, 2.24) is 4.90 Å². The first-order valence-electron chi connectivity index (χ1n) is 5.64. The van der Waals surface area contributed by atoms with Crippen LogP contribution in [0.3, 0.4) is 0 Å². The van der Waals surface area contributed by atoms with E-state index in [1.807, 2.05) is 6.92 Å². The quantitative estimate of drug-likeness (QED) is 0.710. The maximum Gasteiger partial charge on any atom is 0.0756 e. The summed E-state index contributed by atoms with van der Waals surface area (Å²) in [5.74, 6) is 0. The highest BCUT2D eigenvalue weighted by Gasteiger charge is 2.29. The van der Waals surface area contributed by atoms with Crippen molar-refractivity contribution in [2.24, 2.45) is 5.73 Å². The molecule has 3 atom stereocenters. The summed E-state index contributed by atoms with van der Waals surface area (Å²) >= 11 is 0. The normalized spacial score (nSPS) is 30.2. The largest absolute Gasteiger partial charge is 0.389 e. The third-order valence-corrected chi connectivity index (χ3v) is 3.35. The van der Waals surface area contributed by atoms with E-state index in [0.29, 0.717) is 18.6 Å².